The molecule has 0 aliphatic rings. The summed E-state index contributed by atoms with van der Waals surface area (Å²) in [6.45, 7) is 4.53. The summed E-state index contributed by atoms with van der Waals surface area (Å²) < 4.78 is 0. The Kier molecular flexibility index (Phi) is 8.56. The second kappa shape index (κ2) is 11.4. The van der Waals surface area contributed by atoms with Crippen LogP contribution in [-0.4, -0.2) is 22.6 Å². The first-order valence-electron chi connectivity index (χ1n) is 10.0. The van der Waals surface area contributed by atoms with Gasteiger partial charge in [-0.15, -0.1) is 0 Å². The van der Waals surface area contributed by atoms with Crippen molar-refractivity contribution in [2.24, 2.45) is 0 Å². The van der Waals surface area contributed by atoms with Crippen molar-refractivity contribution in [1.82, 2.24) is 10.3 Å². The lowest BCUT2D eigenvalue weighted by atomic mass is 10.0. The maximum absolute atomic E-state index is 12.7. The fraction of sp³-hybridized carbons (Fsp3) is 0.208. The molecule has 1 heterocycles. The number of rotatable bonds is 8. The minimum atomic E-state index is -0.281. The van der Waals surface area contributed by atoms with Crippen molar-refractivity contribution in [2.75, 3.05) is 11.1 Å². The summed E-state index contributed by atoms with van der Waals surface area (Å²) in [6, 6.07) is 16.3. The average Bonchev–Trinajstić information content (AvgIpc) is 2.79. The van der Waals surface area contributed by atoms with Gasteiger partial charge in [0.15, 0.2) is 0 Å². The fourth-order valence-electron chi connectivity index (χ4n) is 2.89. The molecule has 166 valence electrons. The van der Waals surface area contributed by atoms with Crippen molar-refractivity contribution in [2.45, 2.75) is 31.3 Å². The summed E-state index contributed by atoms with van der Waals surface area (Å²) in [5.74, 6) is 0.118. The number of carbonyl (C=O) groups excluding carboxylic acids is 2. The van der Waals surface area contributed by atoms with E-state index in [1.165, 1.54) is 17.3 Å². The summed E-state index contributed by atoms with van der Waals surface area (Å²) >= 11 is 13.2. The van der Waals surface area contributed by atoms with Crippen LogP contribution in [0.5, 0.6) is 0 Å². The Hall–Kier alpha value is -2.54. The molecule has 0 bridgehead atoms. The molecule has 1 aromatic heterocycles. The number of thioether (sulfide) groups is 1. The Morgan fingerprint density at radius 1 is 1.03 bits per heavy atom. The van der Waals surface area contributed by atoms with E-state index in [2.05, 4.69) is 29.5 Å². The summed E-state index contributed by atoms with van der Waals surface area (Å²) in [5, 5.41) is 7.10. The molecular formula is C24H23Cl2N3O2S. The molecule has 0 atom stereocenters. The van der Waals surface area contributed by atoms with Gasteiger partial charge in [0.2, 0.25) is 5.91 Å². The third kappa shape index (κ3) is 6.73. The highest BCUT2D eigenvalue weighted by atomic mass is 35.5. The van der Waals surface area contributed by atoms with E-state index in [9.17, 15) is 9.59 Å². The zero-order valence-corrected chi connectivity index (χ0v) is 20.0. The number of aromatic nitrogens is 1. The molecule has 3 aromatic rings. The van der Waals surface area contributed by atoms with Crippen molar-refractivity contribution in [3.63, 3.8) is 0 Å². The number of nitrogens with one attached hydrogen (secondary N) is 2. The molecule has 0 aliphatic carbocycles. The highest BCUT2D eigenvalue weighted by Gasteiger charge is 2.14. The van der Waals surface area contributed by atoms with Gasteiger partial charge < -0.3 is 10.6 Å². The number of benzene rings is 2. The number of anilines is 1. The van der Waals surface area contributed by atoms with E-state index >= 15 is 0 Å². The number of hydrogen-bond acceptors (Lipinski definition) is 4. The fourth-order valence-corrected chi connectivity index (χ4v) is 4.00. The van der Waals surface area contributed by atoms with Gasteiger partial charge in [0, 0.05) is 18.4 Å². The van der Waals surface area contributed by atoms with Crippen LogP contribution in [-0.2, 0) is 11.3 Å². The predicted molar refractivity (Wildman–Crippen MR) is 132 cm³/mol. The lowest BCUT2D eigenvalue weighted by molar-refractivity contribution is -0.113. The van der Waals surface area contributed by atoms with E-state index in [0.29, 0.717) is 33.1 Å². The van der Waals surface area contributed by atoms with Crippen molar-refractivity contribution < 1.29 is 9.59 Å². The van der Waals surface area contributed by atoms with Crippen molar-refractivity contribution in [3.8, 4) is 0 Å². The van der Waals surface area contributed by atoms with Gasteiger partial charge in [-0.25, -0.2) is 4.98 Å². The second-order valence-corrected chi connectivity index (χ2v) is 9.18. The minimum absolute atomic E-state index is 0.135. The van der Waals surface area contributed by atoms with Crippen LogP contribution >= 0.6 is 35.0 Å². The molecule has 0 unspecified atom stereocenters. The molecular weight excluding hydrogens is 465 g/mol. The largest absolute Gasteiger partial charge is 0.348 e. The molecule has 3 rings (SSSR count). The Morgan fingerprint density at radius 2 is 1.78 bits per heavy atom. The summed E-state index contributed by atoms with van der Waals surface area (Å²) in [4.78, 5) is 29.3. The molecule has 0 aliphatic heterocycles. The summed E-state index contributed by atoms with van der Waals surface area (Å²) in [7, 11) is 0. The van der Waals surface area contributed by atoms with E-state index < -0.39 is 0 Å². The third-order valence-corrected chi connectivity index (χ3v) is 6.40. The Morgan fingerprint density at radius 3 is 2.47 bits per heavy atom. The highest BCUT2D eigenvalue weighted by Crippen LogP contribution is 2.24. The monoisotopic (exact) mass is 487 g/mol. The molecule has 2 N–H and O–H groups in total. The molecule has 5 nitrogen and oxygen atoms in total. The van der Waals surface area contributed by atoms with E-state index in [1.807, 2.05) is 24.3 Å². The van der Waals surface area contributed by atoms with Gasteiger partial charge >= 0.3 is 0 Å². The normalized spacial score (nSPS) is 10.8. The Labute approximate surface area is 201 Å². The van der Waals surface area contributed by atoms with Crippen LogP contribution in [0.3, 0.4) is 0 Å². The minimum Gasteiger partial charge on any atom is -0.348 e. The maximum atomic E-state index is 12.7. The number of carbonyl (C=O) groups is 2. The van der Waals surface area contributed by atoms with E-state index in [0.717, 1.165) is 11.3 Å². The van der Waals surface area contributed by atoms with Crippen LogP contribution in [0.4, 0.5) is 5.69 Å². The first-order valence-corrected chi connectivity index (χ1v) is 11.8. The number of halogens is 2. The molecule has 32 heavy (non-hydrogen) atoms. The average molecular weight is 488 g/mol. The quantitative estimate of drug-likeness (QED) is 0.372. The molecule has 0 saturated heterocycles. The molecule has 0 radical (unpaired) electrons. The van der Waals surface area contributed by atoms with Gasteiger partial charge in [-0.2, -0.15) is 0 Å². The van der Waals surface area contributed by atoms with E-state index in [-0.39, 0.29) is 17.6 Å². The zero-order valence-electron chi connectivity index (χ0n) is 17.7. The molecule has 8 heteroatoms. The molecule has 0 saturated carbocycles. The van der Waals surface area contributed by atoms with E-state index in [1.54, 1.807) is 36.5 Å². The predicted octanol–water partition coefficient (Wildman–Crippen LogP) is 6.17. The first-order chi connectivity index (χ1) is 15.3. The zero-order chi connectivity index (χ0) is 23.1. The molecule has 0 fully saturated rings. The number of pyridine rings is 1. The van der Waals surface area contributed by atoms with Crippen LogP contribution in [0.15, 0.2) is 65.8 Å². The molecule has 0 spiro atoms. The van der Waals surface area contributed by atoms with Crippen molar-refractivity contribution in [3.05, 3.63) is 87.5 Å². The molecule has 2 amide bonds. The Balaban J connectivity index is 1.57. The van der Waals surface area contributed by atoms with Gasteiger partial charge in [0.1, 0.15) is 5.03 Å². The summed E-state index contributed by atoms with van der Waals surface area (Å²) in [5.41, 5.74) is 3.18. The van der Waals surface area contributed by atoms with Gasteiger partial charge in [-0.1, -0.05) is 67.0 Å². The number of hydrogen-bond donors (Lipinski definition) is 2. The third-order valence-electron chi connectivity index (χ3n) is 4.65. The topological polar surface area (TPSA) is 71.1 Å². The van der Waals surface area contributed by atoms with Crippen LogP contribution in [0.1, 0.15) is 41.3 Å². The second-order valence-electron chi connectivity index (χ2n) is 7.40. The van der Waals surface area contributed by atoms with Crippen LogP contribution in [0.25, 0.3) is 0 Å². The maximum Gasteiger partial charge on any atom is 0.254 e. The van der Waals surface area contributed by atoms with Crippen LogP contribution < -0.4 is 10.6 Å². The smallest absolute Gasteiger partial charge is 0.254 e. The first kappa shape index (κ1) is 24.1. The highest BCUT2D eigenvalue weighted by molar-refractivity contribution is 8.00. The SMILES string of the molecule is CC(C)c1ccc(NC(=O)CSc2ncccc2C(=O)NCc2ccc(Cl)c(Cl)c2)cc1. The standard InChI is InChI=1S/C24H23Cl2N3O2S/c1-15(2)17-6-8-18(9-7-17)29-22(30)14-32-24-19(4-3-11-27-24)23(31)28-13-16-5-10-20(25)21(26)12-16/h3-12,15H,13-14H2,1-2H3,(H,28,31)(H,29,30). The van der Waals surface area contributed by atoms with Gasteiger partial charge in [-0.05, 0) is 53.4 Å². The summed E-state index contributed by atoms with van der Waals surface area (Å²) in [6.07, 6.45) is 1.60. The van der Waals surface area contributed by atoms with Crippen molar-refractivity contribution in [1.29, 1.82) is 0 Å². The van der Waals surface area contributed by atoms with Gasteiger partial charge in [0.05, 0.1) is 21.4 Å². The van der Waals surface area contributed by atoms with Crippen LogP contribution in [0.2, 0.25) is 10.0 Å². The van der Waals surface area contributed by atoms with Gasteiger partial charge in [0.25, 0.3) is 5.91 Å². The number of nitrogens with zero attached hydrogens (tertiary/aromatic N) is 1. The lowest BCUT2D eigenvalue weighted by Crippen LogP contribution is -2.24. The molecule has 2 aromatic carbocycles. The Bertz CT molecular complexity index is 1100. The van der Waals surface area contributed by atoms with Crippen molar-refractivity contribution >= 4 is 52.5 Å². The van der Waals surface area contributed by atoms with Crippen LogP contribution in [0, 0.1) is 0 Å². The number of amides is 2. The van der Waals surface area contributed by atoms with E-state index in [4.69, 9.17) is 23.2 Å². The lowest BCUT2D eigenvalue weighted by Gasteiger charge is -2.10. The van der Waals surface area contributed by atoms with Gasteiger partial charge in [-0.3, -0.25) is 9.59 Å².